The largest absolute Gasteiger partial charge is 0.339 e. The molecule has 23 heavy (non-hydrogen) atoms. The first-order valence-corrected chi connectivity index (χ1v) is 8.88. The molecule has 126 valence electrons. The van der Waals surface area contributed by atoms with Crippen molar-refractivity contribution >= 4 is 27.5 Å². The van der Waals surface area contributed by atoms with Gasteiger partial charge in [0.25, 0.3) is 0 Å². The summed E-state index contributed by atoms with van der Waals surface area (Å²) in [7, 11) is -3.67. The van der Waals surface area contributed by atoms with Gasteiger partial charge in [-0.3, -0.25) is 9.59 Å². The molecule has 0 bridgehead atoms. The maximum atomic E-state index is 12.3. The Kier molecular flexibility index (Phi) is 5.06. The molecule has 1 aliphatic heterocycles. The number of carbonyl (C=O) groups excluding carboxylic acids is 2. The first-order valence-electron chi connectivity index (χ1n) is 7.40. The molecule has 0 saturated heterocycles. The number of fused-ring (bicyclic) bond motifs is 1. The Hall–Kier alpha value is -1.93. The van der Waals surface area contributed by atoms with Crippen LogP contribution in [0.3, 0.4) is 0 Å². The summed E-state index contributed by atoms with van der Waals surface area (Å²) < 4.78 is 27.1. The van der Waals surface area contributed by atoms with Gasteiger partial charge in [-0.25, -0.2) is 13.1 Å². The Morgan fingerprint density at radius 1 is 1.39 bits per heavy atom. The molecule has 2 N–H and O–H groups in total. The molecule has 2 rings (SSSR count). The maximum absolute atomic E-state index is 12.3. The summed E-state index contributed by atoms with van der Waals surface area (Å²) in [5, 5.41) is 2.66. The first kappa shape index (κ1) is 17.4. The van der Waals surface area contributed by atoms with Crippen molar-refractivity contribution in [1.82, 2.24) is 9.62 Å². The van der Waals surface area contributed by atoms with Crippen LogP contribution in [-0.2, 0) is 26.0 Å². The zero-order valence-electron chi connectivity index (χ0n) is 13.4. The van der Waals surface area contributed by atoms with Crippen molar-refractivity contribution < 1.29 is 18.0 Å². The molecule has 0 spiro atoms. The molecule has 2 amide bonds. The van der Waals surface area contributed by atoms with E-state index in [1.807, 2.05) is 13.8 Å². The highest BCUT2D eigenvalue weighted by Gasteiger charge is 2.22. The van der Waals surface area contributed by atoms with Crippen LogP contribution in [-0.4, -0.2) is 44.3 Å². The number of anilines is 1. The molecular weight excluding hydrogens is 318 g/mol. The maximum Gasteiger partial charge on any atom is 0.240 e. The van der Waals surface area contributed by atoms with Crippen molar-refractivity contribution in [2.45, 2.75) is 38.1 Å². The summed E-state index contributed by atoms with van der Waals surface area (Å²) >= 11 is 0. The summed E-state index contributed by atoms with van der Waals surface area (Å²) in [5.74, 6) is -0.238. The zero-order valence-corrected chi connectivity index (χ0v) is 14.2. The third-order valence-electron chi connectivity index (χ3n) is 3.68. The second-order valence-electron chi connectivity index (χ2n) is 5.75. The van der Waals surface area contributed by atoms with Crippen LogP contribution in [0.2, 0.25) is 0 Å². The van der Waals surface area contributed by atoms with Crippen LogP contribution in [0, 0.1) is 0 Å². The van der Waals surface area contributed by atoms with Crippen molar-refractivity contribution in [2.24, 2.45) is 0 Å². The molecule has 1 aromatic rings. The second-order valence-corrected chi connectivity index (χ2v) is 7.51. The molecule has 8 heteroatoms. The van der Waals surface area contributed by atoms with Gasteiger partial charge in [-0.05, 0) is 37.6 Å². The van der Waals surface area contributed by atoms with Crippen molar-refractivity contribution in [3.8, 4) is 0 Å². The highest BCUT2D eigenvalue weighted by atomic mass is 32.2. The lowest BCUT2D eigenvalue weighted by atomic mass is 10.2. The molecule has 1 aliphatic rings. The van der Waals surface area contributed by atoms with Gasteiger partial charge in [0.15, 0.2) is 0 Å². The predicted molar refractivity (Wildman–Crippen MR) is 86.5 cm³/mol. The topological polar surface area (TPSA) is 95.6 Å². The molecule has 0 radical (unpaired) electrons. The van der Waals surface area contributed by atoms with Crippen molar-refractivity contribution in [3.05, 3.63) is 23.8 Å². The summed E-state index contributed by atoms with van der Waals surface area (Å²) in [4.78, 5) is 24.5. The number of hydrogen-bond donors (Lipinski definition) is 2. The quantitative estimate of drug-likeness (QED) is 0.798. The van der Waals surface area contributed by atoms with Crippen molar-refractivity contribution in [2.75, 3.05) is 18.4 Å². The monoisotopic (exact) mass is 339 g/mol. The third kappa shape index (κ3) is 4.08. The normalized spacial score (nSPS) is 13.8. The van der Waals surface area contributed by atoms with Gasteiger partial charge in [-0.1, -0.05) is 0 Å². The Balaban J connectivity index is 2.04. The third-order valence-corrected chi connectivity index (χ3v) is 5.14. The molecule has 1 aromatic carbocycles. The fourth-order valence-corrected chi connectivity index (χ4v) is 3.61. The highest BCUT2D eigenvalue weighted by Crippen LogP contribution is 2.25. The molecule has 0 saturated carbocycles. The van der Waals surface area contributed by atoms with Crippen LogP contribution >= 0.6 is 0 Å². The number of amides is 2. The van der Waals surface area contributed by atoms with Gasteiger partial charge in [0, 0.05) is 31.7 Å². The summed E-state index contributed by atoms with van der Waals surface area (Å²) in [5.41, 5.74) is 1.32. The Bertz CT molecular complexity index is 728. The fraction of sp³-hybridized carbons (Fsp3) is 0.467. The number of benzene rings is 1. The molecule has 0 aromatic heterocycles. The van der Waals surface area contributed by atoms with E-state index in [2.05, 4.69) is 10.0 Å². The number of nitrogens with one attached hydrogen (secondary N) is 2. The molecular formula is C15H21N3O4S. The van der Waals surface area contributed by atoms with Gasteiger partial charge >= 0.3 is 0 Å². The van der Waals surface area contributed by atoms with Crippen LogP contribution in [0.5, 0.6) is 0 Å². The molecule has 0 unspecified atom stereocenters. The minimum Gasteiger partial charge on any atom is -0.339 e. The van der Waals surface area contributed by atoms with Gasteiger partial charge < -0.3 is 10.2 Å². The Morgan fingerprint density at radius 2 is 2.09 bits per heavy atom. The van der Waals surface area contributed by atoms with E-state index in [9.17, 15) is 18.0 Å². The molecule has 7 nitrogen and oxygen atoms in total. The summed E-state index contributed by atoms with van der Waals surface area (Å²) in [6, 6.07) is 4.55. The molecule has 0 aliphatic carbocycles. The lowest BCUT2D eigenvalue weighted by Gasteiger charge is -2.25. The lowest BCUT2D eigenvalue weighted by molar-refractivity contribution is -0.130. The Morgan fingerprint density at radius 3 is 2.70 bits per heavy atom. The minimum atomic E-state index is -3.67. The van der Waals surface area contributed by atoms with E-state index in [1.165, 1.54) is 19.1 Å². The lowest BCUT2D eigenvalue weighted by Crippen LogP contribution is -2.41. The average Bonchev–Trinajstić information content (AvgIpc) is 2.81. The fourth-order valence-electron chi connectivity index (χ4n) is 2.54. The van der Waals surface area contributed by atoms with E-state index in [0.29, 0.717) is 17.8 Å². The summed E-state index contributed by atoms with van der Waals surface area (Å²) in [6.45, 7) is 5.64. The van der Waals surface area contributed by atoms with E-state index in [0.717, 1.165) is 0 Å². The van der Waals surface area contributed by atoms with Gasteiger partial charge in [0.2, 0.25) is 21.8 Å². The van der Waals surface area contributed by atoms with Gasteiger partial charge in [-0.15, -0.1) is 0 Å². The number of carbonyl (C=O) groups is 2. The van der Waals surface area contributed by atoms with Gasteiger partial charge in [0.05, 0.1) is 11.3 Å². The smallest absolute Gasteiger partial charge is 0.240 e. The van der Waals surface area contributed by atoms with Crippen molar-refractivity contribution in [3.63, 3.8) is 0 Å². The van der Waals surface area contributed by atoms with E-state index in [1.54, 1.807) is 11.0 Å². The van der Waals surface area contributed by atoms with Crippen molar-refractivity contribution in [1.29, 1.82) is 0 Å². The number of hydrogen-bond acceptors (Lipinski definition) is 4. The number of nitrogens with zero attached hydrogens (tertiary/aromatic N) is 1. The van der Waals surface area contributed by atoms with Crippen LogP contribution < -0.4 is 10.0 Å². The number of rotatable bonds is 6. The first-order chi connectivity index (χ1) is 10.7. The van der Waals surface area contributed by atoms with Crippen LogP contribution in [0.4, 0.5) is 5.69 Å². The molecule has 1 heterocycles. The van der Waals surface area contributed by atoms with Crippen LogP contribution in [0.25, 0.3) is 0 Å². The Labute approximate surface area is 136 Å². The van der Waals surface area contributed by atoms with Crippen LogP contribution in [0.1, 0.15) is 26.3 Å². The zero-order chi connectivity index (χ0) is 17.2. The standard InChI is InChI=1S/C15H21N3O4S/c1-10(2)18(11(3)19)7-6-16-23(21,22)13-4-5-14-12(8-13)9-15(20)17-14/h4-5,8,10,16H,6-7,9H2,1-3H3,(H,17,20). The number of sulfonamides is 1. The van der Waals surface area contributed by atoms with E-state index in [4.69, 9.17) is 0 Å². The van der Waals surface area contributed by atoms with E-state index < -0.39 is 10.0 Å². The average molecular weight is 339 g/mol. The van der Waals surface area contributed by atoms with E-state index in [-0.39, 0.29) is 35.7 Å². The molecule has 0 atom stereocenters. The second kappa shape index (κ2) is 6.67. The minimum absolute atomic E-state index is 0.00841. The van der Waals surface area contributed by atoms with Gasteiger partial charge in [0.1, 0.15) is 0 Å². The summed E-state index contributed by atoms with van der Waals surface area (Å²) in [6.07, 6.45) is 0.185. The SMILES string of the molecule is CC(=O)N(CCNS(=O)(=O)c1ccc2c(c1)CC(=O)N2)C(C)C. The van der Waals surface area contributed by atoms with E-state index >= 15 is 0 Å². The van der Waals surface area contributed by atoms with Crippen LogP contribution in [0.15, 0.2) is 23.1 Å². The highest BCUT2D eigenvalue weighted by molar-refractivity contribution is 7.89. The predicted octanol–water partition coefficient (Wildman–Crippen LogP) is 0.716. The van der Waals surface area contributed by atoms with Gasteiger partial charge in [-0.2, -0.15) is 0 Å². The molecule has 0 fully saturated rings.